The Hall–Kier alpha value is -2.23. The van der Waals surface area contributed by atoms with Crippen molar-refractivity contribution >= 4 is 5.97 Å². The molecule has 1 aromatic carbocycles. The number of nitrogens with zero attached hydrogens (tertiary/aromatic N) is 1. The van der Waals surface area contributed by atoms with Crippen LogP contribution in [0.3, 0.4) is 0 Å². The van der Waals surface area contributed by atoms with Crippen LogP contribution >= 0.6 is 0 Å². The van der Waals surface area contributed by atoms with Crippen LogP contribution in [0.5, 0.6) is 0 Å². The standard InChI is InChI=1S/C14H12FNO2.C2H6/c1-18-14(17)12-6-3-7-16-13(12)9-10-4-2-5-11(15)8-10;1-2/h2-8H,9H2,1H3;1-2H3. The van der Waals surface area contributed by atoms with E-state index in [-0.39, 0.29) is 5.82 Å². The largest absolute Gasteiger partial charge is 0.465 e. The van der Waals surface area contributed by atoms with Crippen LogP contribution in [0.15, 0.2) is 42.6 Å². The zero-order valence-corrected chi connectivity index (χ0v) is 11.9. The van der Waals surface area contributed by atoms with Crippen LogP contribution in [-0.2, 0) is 11.2 Å². The van der Waals surface area contributed by atoms with Crippen LogP contribution in [-0.4, -0.2) is 18.1 Å². The lowest BCUT2D eigenvalue weighted by molar-refractivity contribution is 0.0599. The van der Waals surface area contributed by atoms with Crippen molar-refractivity contribution < 1.29 is 13.9 Å². The summed E-state index contributed by atoms with van der Waals surface area (Å²) >= 11 is 0. The number of hydrogen-bond acceptors (Lipinski definition) is 3. The van der Waals surface area contributed by atoms with Gasteiger partial charge in [-0.2, -0.15) is 0 Å². The molecule has 4 heteroatoms. The van der Waals surface area contributed by atoms with Crippen molar-refractivity contribution in [3.05, 3.63) is 65.2 Å². The van der Waals surface area contributed by atoms with Crippen LogP contribution in [0.25, 0.3) is 0 Å². The predicted molar refractivity (Wildman–Crippen MR) is 76.1 cm³/mol. The highest BCUT2D eigenvalue weighted by Crippen LogP contribution is 2.13. The molecule has 0 atom stereocenters. The lowest BCUT2D eigenvalue weighted by Crippen LogP contribution is -2.07. The van der Waals surface area contributed by atoms with Crippen molar-refractivity contribution in [3.63, 3.8) is 0 Å². The first-order chi connectivity index (χ1) is 9.70. The number of methoxy groups -OCH3 is 1. The van der Waals surface area contributed by atoms with Gasteiger partial charge in [-0.25, -0.2) is 9.18 Å². The second-order valence-corrected chi connectivity index (χ2v) is 3.80. The van der Waals surface area contributed by atoms with Gasteiger partial charge in [-0.15, -0.1) is 0 Å². The van der Waals surface area contributed by atoms with Gasteiger partial charge in [0.2, 0.25) is 0 Å². The highest BCUT2D eigenvalue weighted by Gasteiger charge is 2.12. The Bertz CT molecular complexity index is 570. The molecule has 0 aliphatic carbocycles. The summed E-state index contributed by atoms with van der Waals surface area (Å²) in [7, 11) is 1.32. The molecule has 2 aromatic rings. The van der Waals surface area contributed by atoms with Crippen LogP contribution < -0.4 is 0 Å². The average Bonchev–Trinajstić information content (AvgIpc) is 2.49. The van der Waals surface area contributed by atoms with Gasteiger partial charge in [0.15, 0.2) is 0 Å². The highest BCUT2D eigenvalue weighted by atomic mass is 19.1. The monoisotopic (exact) mass is 275 g/mol. The number of benzene rings is 1. The zero-order valence-electron chi connectivity index (χ0n) is 11.9. The van der Waals surface area contributed by atoms with Crippen molar-refractivity contribution in [1.82, 2.24) is 4.98 Å². The predicted octanol–water partition coefficient (Wildman–Crippen LogP) is 3.62. The molecular formula is C16H18FNO2. The van der Waals surface area contributed by atoms with E-state index < -0.39 is 5.97 Å². The van der Waals surface area contributed by atoms with Gasteiger partial charge in [-0.1, -0.05) is 26.0 Å². The maximum absolute atomic E-state index is 13.1. The number of ether oxygens (including phenoxy) is 1. The molecule has 0 spiro atoms. The van der Waals surface area contributed by atoms with Crippen LogP contribution in [0, 0.1) is 5.82 Å². The first-order valence-electron chi connectivity index (χ1n) is 6.47. The van der Waals surface area contributed by atoms with E-state index in [4.69, 9.17) is 0 Å². The first-order valence-corrected chi connectivity index (χ1v) is 6.47. The van der Waals surface area contributed by atoms with Crippen molar-refractivity contribution in [2.75, 3.05) is 7.11 Å². The van der Waals surface area contributed by atoms with E-state index in [1.165, 1.54) is 19.2 Å². The molecule has 0 unspecified atom stereocenters. The molecule has 0 saturated carbocycles. The number of esters is 1. The molecule has 3 nitrogen and oxygen atoms in total. The van der Waals surface area contributed by atoms with Gasteiger partial charge in [0.05, 0.1) is 18.4 Å². The molecule has 0 aliphatic heterocycles. The fourth-order valence-corrected chi connectivity index (χ4v) is 1.71. The maximum atomic E-state index is 13.1. The number of halogens is 1. The third-order valence-corrected chi connectivity index (χ3v) is 2.56. The molecular weight excluding hydrogens is 257 g/mol. The SMILES string of the molecule is CC.COC(=O)c1cccnc1Cc1cccc(F)c1. The molecule has 0 N–H and O–H groups in total. The maximum Gasteiger partial charge on any atom is 0.339 e. The van der Waals surface area contributed by atoms with Gasteiger partial charge in [-0.05, 0) is 29.8 Å². The quantitative estimate of drug-likeness (QED) is 0.803. The minimum atomic E-state index is -0.436. The molecule has 0 bridgehead atoms. The van der Waals surface area contributed by atoms with Gasteiger partial charge >= 0.3 is 5.97 Å². The van der Waals surface area contributed by atoms with E-state index in [0.29, 0.717) is 17.7 Å². The molecule has 1 aromatic heterocycles. The summed E-state index contributed by atoms with van der Waals surface area (Å²) in [4.78, 5) is 15.7. The van der Waals surface area contributed by atoms with Crippen molar-refractivity contribution in [2.45, 2.75) is 20.3 Å². The fraction of sp³-hybridized carbons (Fsp3) is 0.250. The summed E-state index contributed by atoms with van der Waals surface area (Å²) in [6.07, 6.45) is 1.99. The lowest BCUT2D eigenvalue weighted by atomic mass is 10.1. The lowest BCUT2D eigenvalue weighted by Gasteiger charge is -2.06. The molecule has 1 heterocycles. The van der Waals surface area contributed by atoms with Crippen LogP contribution in [0.4, 0.5) is 4.39 Å². The zero-order chi connectivity index (χ0) is 15.0. The van der Waals surface area contributed by atoms with E-state index in [2.05, 4.69) is 9.72 Å². The molecule has 2 rings (SSSR count). The number of pyridine rings is 1. The van der Waals surface area contributed by atoms with E-state index in [0.717, 1.165) is 5.56 Å². The molecule has 106 valence electrons. The Balaban J connectivity index is 0.000000956. The number of carbonyl (C=O) groups is 1. The summed E-state index contributed by atoms with van der Waals surface area (Å²) in [6, 6.07) is 9.54. The summed E-state index contributed by atoms with van der Waals surface area (Å²) in [5.74, 6) is -0.738. The third kappa shape index (κ3) is 4.16. The molecule has 0 radical (unpaired) electrons. The van der Waals surface area contributed by atoms with E-state index in [1.807, 2.05) is 13.8 Å². The molecule has 0 aliphatic rings. The summed E-state index contributed by atoms with van der Waals surface area (Å²) < 4.78 is 17.8. The van der Waals surface area contributed by atoms with Crippen molar-refractivity contribution in [2.24, 2.45) is 0 Å². The number of rotatable bonds is 3. The Kier molecular flexibility index (Phi) is 6.37. The van der Waals surface area contributed by atoms with E-state index in [1.54, 1.807) is 30.5 Å². The summed E-state index contributed by atoms with van der Waals surface area (Å²) in [5, 5.41) is 0. The van der Waals surface area contributed by atoms with E-state index >= 15 is 0 Å². The number of hydrogen-bond donors (Lipinski definition) is 0. The third-order valence-electron chi connectivity index (χ3n) is 2.56. The Labute approximate surface area is 118 Å². The summed E-state index contributed by atoms with van der Waals surface area (Å²) in [5.41, 5.74) is 1.75. The molecule has 0 amide bonds. The highest BCUT2D eigenvalue weighted by molar-refractivity contribution is 5.90. The van der Waals surface area contributed by atoms with Gasteiger partial charge in [0.25, 0.3) is 0 Å². The molecule has 0 saturated heterocycles. The Morgan fingerprint density at radius 1 is 1.25 bits per heavy atom. The number of carbonyl (C=O) groups excluding carboxylic acids is 1. The second kappa shape index (κ2) is 8.04. The Morgan fingerprint density at radius 2 is 2.00 bits per heavy atom. The Morgan fingerprint density at radius 3 is 2.65 bits per heavy atom. The minimum absolute atomic E-state index is 0.303. The van der Waals surface area contributed by atoms with Crippen LogP contribution in [0.2, 0.25) is 0 Å². The molecule has 20 heavy (non-hydrogen) atoms. The second-order valence-electron chi connectivity index (χ2n) is 3.80. The van der Waals surface area contributed by atoms with Gasteiger partial charge in [0.1, 0.15) is 5.82 Å². The summed E-state index contributed by atoms with van der Waals surface area (Å²) in [6.45, 7) is 4.00. The smallest absolute Gasteiger partial charge is 0.339 e. The average molecular weight is 275 g/mol. The van der Waals surface area contributed by atoms with Gasteiger partial charge in [0, 0.05) is 12.6 Å². The minimum Gasteiger partial charge on any atom is -0.465 e. The topological polar surface area (TPSA) is 39.2 Å². The van der Waals surface area contributed by atoms with Crippen LogP contribution in [0.1, 0.15) is 35.5 Å². The normalized spacial score (nSPS) is 9.40. The first kappa shape index (κ1) is 15.8. The van der Waals surface area contributed by atoms with Crippen molar-refractivity contribution in [3.8, 4) is 0 Å². The number of aromatic nitrogens is 1. The molecule has 0 fully saturated rings. The van der Waals surface area contributed by atoms with Crippen molar-refractivity contribution in [1.29, 1.82) is 0 Å². The van der Waals surface area contributed by atoms with Gasteiger partial charge in [-0.3, -0.25) is 4.98 Å². The van der Waals surface area contributed by atoms with Gasteiger partial charge < -0.3 is 4.74 Å². The fourth-order valence-electron chi connectivity index (χ4n) is 1.71. The van der Waals surface area contributed by atoms with E-state index in [9.17, 15) is 9.18 Å².